The molecule has 1 aliphatic carbocycles. The summed E-state index contributed by atoms with van der Waals surface area (Å²) in [5.74, 6) is 0.968. The van der Waals surface area contributed by atoms with Gasteiger partial charge in [-0.1, -0.05) is 56.5 Å². The summed E-state index contributed by atoms with van der Waals surface area (Å²) in [6, 6.07) is 9.79. The molecule has 1 fully saturated rings. The van der Waals surface area contributed by atoms with Crippen molar-refractivity contribution in [1.82, 2.24) is 10.6 Å². The summed E-state index contributed by atoms with van der Waals surface area (Å²) in [4.78, 5) is 35.4. The second kappa shape index (κ2) is 13.4. The molecule has 0 spiro atoms. The van der Waals surface area contributed by atoms with Crippen molar-refractivity contribution in [3.8, 4) is 0 Å². The zero-order chi connectivity index (χ0) is 22.5. The maximum atomic E-state index is 12.1. The molecule has 2 rings (SSSR count). The highest BCUT2D eigenvalue weighted by Crippen LogP contribution is 2.32. The first-order valence-corrected chi connectivity index (χ1v) is 12.5. The van der Waals surface area contributed by atoms with Crippen molar-refractivity contribution in [3.63, 3.8) is 0 Å². The van der Waals surface area contributed by atoms with Crippen LogP contribution in [0.5, 0.6) is 0 Å². The second-order valence-corrected chi connectivity index (χ2v) is 9.81. The molecule has 2 amide bonds. The van der Waals surface area contributed by atoms with E-state index in [0.29, 0.717) is 19.5 Å². The van der Waals surface area contributed by atoms with Gasteiger partial charge in [0, 0.05) is 36.6 Å². The summed E-state index contributed by atoms with van der Waals surface area (Å²) in [7, 11) is 0. The van der Waals surface area contributed by atoms with Crippen molar-refractivity contribution in [1.29, 1.82) is 0 Å². The molecule has 1 aromatic carbocycles. The van der Waals surface area contributed by atoms with Crippen LogP contribution in [-0.2, 0) is 19.8 Å². The maximum absolute atomic E-state index is 12.1. The van der Waals surface area contributed by atoms with Gasteiger partial charge in [0.25, 0.3) is 0 Å². The van der Waals surface area contributed by atoms with Gasteiger partial charge in [-0.2, -0.15) is 11.8 Å². The van der Waals surface area contributed by atoms with Crippen LogP contribution in [0, 0.1) is 5.92 Å². The number of carboxylic acids is 1. The topological polar surface area (TPSA) is 95.5 Å². The molecule has 1 aliphatic rings. The normalized spacial score (nSPS) is 16.3. The van der Waals surface area contributed by atoms with E-state index in [1.807, 2.05) is 37.3 Å². The molecule has 31 heavy (non-hydrogen) atoms. The largest absolute Gasteiger partial charge is 0.481 e. The molecule has 1 saturated carbocycles. The Kier molecular flexibility index (Phi) is 10.9. The van der Waals surface area contributed by atoms with Gasteiger partial charge in [-0.25, -0.2) is 0 Å². The molecule has 0 aliphatic heterocycles. The smallest absolute Gasteiger partial charge is 0.304 e. The highest BCUT2D eigenvalue weighted by molar-refractivity contribution is 7.99. The Labute approximate surface area is 189 Å². The van der Waals surface area contributed by atoms with Crippen molar-refractivity contribution < 1.29 is 19.5 Å². The summed E-state index contributed by atoms with van der Waals surface area (Å²) in [5, 5.41) is 15.1. The van der Waals surface area contributed by atoms with Gasteiger partial charge in [-0.15, -0.1) is 0 Å². The number of hydrogen-bond donors (Lipinski definition) is 3. The highest BCUT2D eigenvalue weighted by atomic mass is 32.2. The lowest BCUT2D eigenvalue weighted by atomic mass is 9.77. The lowest BCUT2D eigenvalue weighted by molar-refractivity contribution is -0.138. The van der Waals surface area contributed by atoms with Gasteiger partial charge in [0.1, 0.15) is 0 Å². The second-order valence-electron chi connectivity index (χ2n) is 8.59. The predicted octanol–water partition coefficient (Wildman–Crippen LogP) is 3.75. The molecule has 172 valence electrons. The minimum atomic E-state index is -0.792. The fourth-order valence-electron chi connectivity index (χ4n) is 4.07. The summed E-state index contributed by atoms with van der Waals surface area (Å²) in [6.07, 6.45) is 6.54. The van der Waals surface area contributed by atoms with E-state index in [-0.39, 0.29) is 24.2 Å². The van der Waals surface area contributed by atoms with Gasteiger partial charge in [0.15, 0.2) is 0 Å². The van der Waals surface area contributed by atoms with Crippen LogP contribution in [0.25, 0.3) is 0 Å². The molecule has 6 nitrogen and oxygen atoms in total. The van der Waals surface area contributed by atoms with Gasteiger partial charge in [-0.05, 0) is 30.6 Å². The Bertz CT molecular complexity index is 707. The standard InChI is InChI=1S/C24H36N2O4S/c1-24(18-22(28)29,20-10-6-3-7-11-20)13-16-31-17-15-25-21(27)12-14-26-23(30)19-8-4-2-5-9-19/h3,6-7,10-11,19H,2,4-5,8-9,12-18H2,1H3,(H,25,27)(H,26,30)(H,28,29). The van der Waals surface area contributed by atoms with Crippen LogP contribution in [0.4, 0.5) is 0 Å². The number of aliphatic carboxylic acids is 1. The molecule has 1 unspecified atom stereocenters. The van der Waals surface area contributed by atoms with Crippen LogP contribution in [0.3, 0.4) is 0 Å². The number of carboxylic acid groups (broad SMARTS) is 1. The van der Waals surface area contributed by atoms with Gasteiger partial charge in [-0.3, -0.25) is 14.4 Å². The number of amides is 2. The molecule has 0 heterocycles. The first-order valence-electron chi connectivity index (χ1n) is 11.3. The molecule has 3 N–H and O–H groups in total. The molecule has 1 atom stereocenters. The zero-order valence-corrected chi connectivity index (χ0v) is 19.3. The third kappa shape index (κ3) is 9.33. The van der Waals surface area contributed by atoms with E-state index in [9.17, 15) is 19.5 Å². The van der Waals surface area contributed by atoms with Crippen LogP contribution < -0.4 is 10.6 Å². The number of carbonyl (C=O) groups excluding carboxylic acids is 2. The fourth-order valence-corrected chi connectivity index (χ4v) is 5.11. The zero-order valence-electron chi connectivity index (χ0n) is 18.5. The average molecular weight is 449 g/mol. The lowest BCUT2D eigenvalue weighted by Gasteiger charge is -2.28. The van der Waals surface area contributed by atoms with E-state index < -0.39 is 11.4 Å². The third-order valence-corrected chi connectivity index (χ3v) is 6.99. The molecule has 0 radical (unpaired) electrons. The van der Waals surface area contributed by atoms with E-state index >= 15 is 0 Å². The molecule has 7 heteroatoms. The number of hydrogen-bond acceptors (Lipinski definition) is 4. The lowest BCUT2D eigenvalue weighted by Crippen LogP contribution is -2.35. The van der Waals surface area contributed by atoms with Crippen molar-refractivity contribution >= 4 is 29.5 Å². The Morgan fingerprint density at radius 2 is 1.74 bits per heavy atom. The van der Waals surface area contributed by atoms with Gasteiger partial charge in [0.2, 0.25) is 11.8 Å². The minimum Gasteiger partial charge on any atom is -0.481 e. The molecular formula is C24H36N2O4S. The van der Waals surface area contributed by atoms with Crippen LogP contribution in [0.1, 0.15) is 63.9 Å². The van der Waals surface area contributed by atoms with Crippen LogP contribution in [-0.4, -0.2) is 47.5 Å². The number of rotatable bonds is 13. The monoisotopic (exact) mass is 448 g/mol. The van der Waals surface area contributed by atoms with Crippen LogP contribution in [0.15, 0.2) is 30.3 Å². The summed E-state index contributed by atoms with van der Waals surface area (Å²) >= 11 is 1.71. The first kappa shape index (κ1) is 25.2. The van der Waals surface area contributed by atoms with Crippen molar-refractivity contribution in [3.05, 3.63) is 35.9 Å². The highest BCUT2D eigenvalue weighted by Gasteiger charge is 2.29. The van der Waals surface area contributed by atoms with E-state index in [0.717, 1.165) is 49.2 Å². The first-order chi connectivity index (χ1) is 14.9. The fraction of sp³-hybridized carbons (Fsp3) is 0.625. The third-order valence-electron chi connectivity index (χ3n) is 6.01. The SMILES string of the molecule is CC(CCSCCNC(=O)CCNC(=O)C1CCCCC1)(CC(=O)O)c1ccccc1. The van der Waals surface area contributed by atoms with Crippen molar-refractivity contribution in [2.24, 2.45) is 5.92 Å². The Morgan fingerprint density at radius 1 is 1.03 bits per heavy atom. The number of nitrogens with one attached hydrogen (secondary N) is 2. The summed E-state index contributed by atoms with van der Waals surface area (Å²) in [6.45, 7) is 2.96. The van der Waals surface area contributed by atoms with Crippen LogP contribution >= 0.6 is 11.8 Å². The van der Waals surface area contributed by atoms with E-state index in [1.54, 1.807) is 11.8 Å². The Morgan fingerprint density at radius 3 is 2.42 bits per heavy atom. The minimum absolute atomic E-state index is 0.0513. The average Bonchev–Trinajstić information content (AvgIpc) is 2.77. The van der Waals surface area contributed by atoms with Gasteiger partial charge >= 0.3 is 5.97 Å². The van der Waals surface area contributed by atoms with E-state index in [4.69, 9.17) is 0 Å². The van der Waals surface area contributed by atoms with E-state index in [2.05, 4.69) is 10.6 Å². The number of carbonyl (C=O) groups is 3. The Balaban J connectivity index is 1.58. The molecule has 0 bridgehead atoms. The molecule has 0 aromatic heterocycles. The van der Waals surface area contributed by atoms with Gasteiger partial charge < -0.3 is 15.7 Å². The molecular weight excluding hydrogens is 412 g/mol. The van der Waals surface area contributed by atoms with Crippen molar-refractivity contribution in [2.45, 2.75) is 63.7 Å². The van der Waals surface area contributed by atoms with Crippen molar-refractivity contribution in [2.75, 3.05) is 24.6 Å². The number of benzene rings is 1. The maximum Gasteiger partial charge on any atom is 0.304 e. The molecule has 1 aromatic rings. The number of thioether (sulfide) groups is 1. The summed E-state index contributed by atoms with van der Waals surface area (Å²) < 4.78 is 0. The van der Waals surface area contributed by atoms with Gasteiger partial charge in [0.05, 0.1) is 6.42 Å². The van der Waals surface area contributed by atoms with Crippen LogP contribution in [0.2, 0.25) is 0 Å². The predicted molar refractivity (Wildman–Crippen MR) is 125 cm³/mol. The molecule has 0 saturated heterocycles. The summed E-state index contributed by atoms with van der Waals surface area (Å²) in [5.41, 5.74) is 0.640. The Hall–Kier alpha value is -2.02. The van der Waals surface area contributed by atoms with E-state index in [1.165, 1.54) is 6.42 Å². The quantitative estimate of drug-likeness (QED) is 0.400.